The summed E-state index contributed by atoms with van der Waals surface area (Å²) in [5.74, 6) is -1.37. The Morgan fingerprint density at radius 1 is 1.04 bits per heavy atom. The molecule has 2 saturated heterocycles. The van der Waals surface area contributed by atoms with E-state index in [2.05, 4.69) is 23.8 Å². The Kier molecular flexibility index (Phi) is 10.7. The second-order valence-electron chi connectivity index (χ2n) is 12.2. The van der Waals surface area contributed by atoms with Crippen molar-refractivity contribution in [3.05, 3.63) is 42.2 Å². The number of amides is 1. The number of Topliss-reactive ketones (excluding diaryl/α,β-unsaturated/α-hetero) is 1. The summed E-state index contributed by atoms with van der Waals surface area (Å²) < 4.78 is 52.2. The zero-order valence-corrected chi connectivity index (χ0v) is 28.2. The smallest absolute Gasteiger partial charge is 0.478 e. The molecule has 51 heavy (non-hydrogen) atoms. The van der Waals surface area contributed by atoms with Crippen molar-refractivity contribution >= 4 is 44.3 Å². The Balaban J connectivity index is 1.05. The lowest BCUT2D eigenvalue weighted by atomic mass is 9.81. The van der Waals surface area contributed by atoms with Crippen LogP contribution in [0.1, 0.15) is 60.0 Å². The number of primary amides is 1. The largest absolute Gasteiger partial charge is 0.756 e. The van der Waals surface area contributed by atoms with Gasteiger partial charge in [0.25, 0.3) is 20.0 Å². The summed E-state index contributed by atoms with van der Waals surface area (Å²) in [6, 6.07) is 1.49. The molecule has 1 aliphatic carbocycles. The molecule has 22 nitrogen and oxygen atoms in total. The third kappa shape index (κ3) is 7.74. The summed E-state index contributed by atoms with van der Waals surface area (Å²) in [6.07, 6.45) is -4.97. The van der Waals surface area contributed by atoms with Crippen LogP contribution in [0.4, 0.5) is 5.82 Å². The quantitative estimate of drug-likeness (QED) is 0.0746. The normalized spacial score (nSPS) is 32.2. The number of phosphoric acid groups is 2. The zero-order chi connectivity index (χ0) is 36.8. The first-order valence-corrected chi connectivity index (χ1v) is 18.5. The number of pyridine rings is 1. The van der Waals surface area contributed by atoms with Crippen LogP contribution in [0, 0.1) is 0 Å². The van der Waals surface area contributed by atoms with Gasteiger partial charge in [0.1, 0.15) is 53.7 Å². The molecular formula is C27H35N7O15P2. The number of imidazole rings is 1. The van der Waals surface area contributed by atoms with Gasteiger partial charge in [-0.25, -0.2) is 23.8 Å². The van der Waals surface area contributed by atoms with E-state index < -0.39 is 89.8 Å². The number of hydrogen-bond donors (Lipinski definition) is 7. The van der Waals surface area contributed by atoms with Crippen molar-refractivity contribution < 1.29 is 76.3 Å². The summed E-state index contributed by atoms with van der Waals surface area (Å²) in [7, 11) is -11.2. The predicted molar refractivity (Wildman–Crippen MR) is 163 cm³/mol. The van der Waals surface area contributed by atoms with Crippen molar-refractivity contribution in [2.75, 3.05) is 18.9 Å². The second-order valence-corrected chi connectivity index (χ2v) is 15.2. The minimum atomic E-state index is -5.66. The summed E-state index contributed by atoms with van der Waals surface area (Å²) >= 11 is 0. The number of aromatic nitrogens is 5. The molecule has 3 fully saturated rings. The Morgan fingerprint density at radius 2 is 1.75 bits per heavy atom. The summed E-state index contributed by atoms with van der Waals surface area (Å²) in [4.78, 5) is 59.2. The number of aliphatic hydroxyl groups is 4. The zero-order valence-electron chi connectivity index (χ0n) is 26.4. The number of phosphoric ester groups is 2. The maximum Gasteiger partial charge on any atom is 0.478 e. The predicted octanol–water partition coefficient (Wildman–Crippen LogP) is -2.42. The number of anilines is 1. The summed E-state index contributed by atoms with van der Waals surface area (Å²) in [6.45, 7) is -1.94. The highest BCUT2D eigenvalue weighted by atomic mass is 31.3. The minimum Gasteiger partial charge on any atom is -0.756 e. The number of carbonyl (C=O) groups excluding carboxylic acids is 2. The maximum atomic E-state index is 12.6. The number of ketones is 1. The molecule has 1 saturated carbocycles. The third-order valence-corrected chi connectivity index (χ3v) is 11.4. The van der Waals surface area contributed by atoms with E-state index in [9.17, 15) is 48.9 Å². The second kappa shape index (κ2) is 14.6. The molecule has 0 bridgehead atoms. The molecule has 2 aliphatic heterocycles. The SMILES string of the molecule is NC(=O)c1c[n+](C2OC(COP(=O)(O)OP(=O)([O-])OCC3OC(n4cnc5c(N)ncnc54)C(O)C3O)C(O)C2O)ccc1C1CCCCC1=O. The average Bonchev–Trinajstić information content (AvgIpc) is 3.72. The molecule has 9 N–H and O–H groups in total. The van der Waals surface area contributed by atoms with E-state index in [-0.39, 0.29) is 28.3 Å². The lowest BCUT2D eigenvalue weighted by molar-refractivity contribution is -0.765. The van der Waals surface area contributed by atoms with Gasteiger partial charge >= 0.3 is 7.82 Å². The number of carbonyl (C=O) groups is 2. The highest BCUT2D eigenvalue weighted by molar-refractivity contribution is 7.60. The third-order valence-electron chi connectivity index (χ3n) is 8.84. The first-order valence-electron chi connectivity index (χ1n) is 15.5. The van der Waals surface area contributed by atoms with Crippen LogP contribution in [0.3, 0.4) is 0 Å². The van der Waals surface area contributed by atoms with Gasteiger partial charge in [-0.05, 0) is 18.4 Å². The maximum absolute atomic E-state index is 12.6. The van der Waals surface area contributed by atoms with Crippen LogP contribution in [0.2, 0.25) is 0 Å². The van der Waals surface area contributed by atoms with E-state index >= 15 is 0 Å². The van der Waals surface area contributed by atoms with E-state index in [4.69, 9.17) is 25.5 Å². The molecule has 3 aliphatic rings. The fourth-order valence-corrected chi connectivity index (χ4v) is 8.33. The monoisotopic (exact) mass is 759 g/mol. The van der Waals surface area contributed by atoms with Gasteiger partial charge in [-0.3, -0.25) is 23.2 Å². The highest BCUT2D eigenvalue weighted by Gasteiger charge is 2.50. The fraction of sp³-hybridized carbons (Fsp3) is 0.556. The lowest BCUT2D eigenvalue weighted by Crippen LogP contribution is -2.47. The van der Waals surface area contributed by atoms with Crippen molar-refractivity contribution in [2.45, 2.75) is 80.7 Å². The molecule has 278 valence electrons. The number of nitrogens with two attached hydrogens (primary N) is 2. The molecule has 0 aromatic carbocycles. The van der Waals surface area contributed by atoms with Crippen molar-refractivity contribution in [2.24, 2.45) is 5.73 Å². The standard InChI is InChI=1S/C27H35N7O15P2/c28-23-18-25(31-10-30-23)34(11-32-18)27-22(39)20(37)17(48-27)9-46-51(43,44)49-50(41,42)45-8-16-19(36)21(38)26(47-16)33-6-5-12(14(7-33)24(29)40)13-3-1-2-4-15(13)35/h5-7,10-11,13,16-17,19-22,26-27,36-39H,1-4,8-9H2,(H5-,28,29,30,31,40,41,42,43,44). The van der Waals surface area contributed by atoms with Crippen LogP contribution in [-0.4, -0.2) is 106 Å². The molecule has 24 heteroatoms. The Labute approximate surface area is 287 Å². The molecule has 3 aromatic rings. The number of ether oxygens (including phenoxy) is 2. The van der Waals surface area contributed by atoms with Crippen LogP contribution in [0.15, 0.2) is 31.1 Å². The molecule has 0 spiro atoms. The first-order chi connectivity index (χ1) is 24.1. The molecule has 3 aromatic heterocycles. The van der Waals surface area contributed by atoms with E-state index in [0.717, 1.165) is 19.2 Å². The van der Waals surface area contributed by atoms with Gasteiger partial charge in [-0.2, -0.15) is 4.57 Å². The van der Waals surface area contributed by atoms with Gasteiger partial charge in [-0.15, -0.1) is 0 Å². The van der Waals surface area contributed by atoms with Gasteiger partial charge < -0.3 is 55.7 Å². The summed E-state index contributed by atoms with van der Waals surface area (Å²) in [5, 5.41) is 42.2. The number of fused-ring (bicyclic) bond motifs is 1. The van der Waals surface area contributed by atoms with Crippen LogP contribution in [0.5, 0.6) is 0 Å². The Bertz CT molecular complexity index is 1900. The van der Waals surface area contributed by atoms with E-state index in [1.807, 2.05) is 0 Å². The lowest BCUT2D eigenvalue weighted by Gasteiger charge is -2.26. The molecule has 5 heterocycles. The van der Waals surface area contributed by atoms with Gasteiger partial charge in [0.15, 0.2) is 36.2 Å². The highest BCUT2D eigenvalue weighted by Crippen LogP contribution is 2.58. The van der Waals surface area contributed by atoms with Crippen LogP contribution < -0.4 is 20.9 Å². The number of hydrogen-bond acceptors (Lipinski definition) is 18. The van der Waals surface area contributed by atoms with Gasteiger partial charge in [0.05, 0.1) is 19.5 Å². The van der Waals surface area contributed by atoms with Crippen molar-refractivity contribution in [3.8, 4) is 0 Å². The van der Waals surface area contributed by atoms with Gasteiger partial charge in [0, 0.05) is 18.4 Å². The van der Waals surface area contributed by atoms with Crippen molar-refractivity contribution in [1.82, 2.24) is 19.5 Å². The molecule has 1 amide bonds. The van der Waals surface area contributed by atoms with Crippen LogP contribution >= 0.6 is 15.6 Å². The minimum absolute atomic E-state index is 0.00211. The first kappa shape index (κ1) is 37.4. The molecule has 0 radical (unpaired) electrons. The topological polar surface area (TPSA) is 338 Å². The van der Waals surface area contributed by atoms with E-state index in [1.54, 1.807) is 0 Å². The van der Waals surface area contributed by atoms with Gasteiger partial charge in [0.2, 0.25) is 0 Å². The van der Waals surface area contributed by atoms with E-state index in [1.165, 1.54) is 33.9 Å². The summed E-state index contributed by atoms with van der Waals surface area (Å²) in [5.41, 5.74) is 12.1. The average molecular weight is 760 g/mol. The number of nitrogens with zero attached hydrogens (tertiary/aromatic N) is 5. The Hall–Kier alpha value is -3.34. The van der Waals surface area contributed by atoms with Crippen LogP contribution in [0.25, 0.3) is 11.2 Å². The Morgan fingerprint density at radius 3 is 2.47 bits per heavy atom. The van der Waals surface area contributed by atoms with E-state index in [0.29, 0.717) is 18.4 Å². The van der Waals surface area contributed by atoms with Crippen molar-refractivity contribution in [1.29, 1.82) is 0 Å². The number of nitrogen functional groups attached to an aromatic ring is 1. The molecular weight excluding hydrogens is 724 g/mol. The number of rotatable bonds is 12. The molecule has 6 rings (SSSR count). The fourth-order valence-electron chi connectivity index (χ4n) is 6.27. The van der Waals surface area contributed by atoms with Crippen LogP contribution in [-0.2, 0) is 36.8 Å². The van der Waals surface area contributed by atoms with Crippen molar-refractivity contribution in [3.63, 3.8) is 0 Å². The molecule has 11 unspecified atom stereocenters. The van der Waals surface area contributed by atoms with Gasteiger partial charge in [-0.1, -0.05) is 6.42 Å². The molecule has 11 atom stereocenters. The number of aliphatic hydroxyl groups excluding tert-OH is 4.